The number of rotatable bonds is 7. The van der Waals surface area contributed by atoms with Gasteiger partial charge in [-0.3, -0.25) is 0 Å². The highest BCUT2D eigenvalue weighted by molar-refractivity contribution is 5.84. The SMILES string of the molecule is CC(NCCCN1CCCC1)c1ccc(C(=O)O)o1. The molecule has 5 nitrogen and oxygen atoms in total. The van der Waals surface area contributed by atoms with Crippen LogP contribution in [-0.4, -0.2) is 42.2 Å². The van der Waals surface area contributed by atoms with Crippen LogP contribution in [0.25, 0.3) is 0 Å². The molecule has 2 rings (SSSR count). The topological polar surface area (TPSA) is 65.7 Å². The summed E-state index contributed by atoms with van der Waals surface area (Å²) in [6.45, 7) is 6.50. The molecule has 1 unspecified atom stereocenters. The van der Waals surface area contributed by atoms with E-state index in [1.807, 2.05) is 6.92 Å². The monoisotopic (exact) mass is 266 g/mol. The summed E-state index contributed by atoms with van der Waals surface area (Å²) in [6, 6.07) is 3.27. The minimum Gasteiger partial charge on any atom is -0.475 e. The first-order chi connectivity index (χ1) is 9.16. The van der Waals surface area contributed by atoms with Crippen molar-refractivity contribution in [2.45, 2.75) is 32.2 Å². The Kier molecular flexibility index (Phi) is 4.99. The van der Waals surface area contributed by atoms with Crippen molar-refractivity contribution in [3.8, 4) is 0 Å². The zero-order valence-corrected chi connectivity index (χ0v) is 11.4. The van der Waals surface area contributed by atoms with Crippen LogP contribution in [0.3, 0.4) is 0 Å². The smallest absolute Gasteiger partial charge is 0.371 e. The van der Waals surface area contributed by atoms with Crippen LogP contribution in [0.1, 0.15) is 48.5 Å². The van der Waals surface area contributed by atoms with Gasteiger partial charge in [0.15, 0.2) is 0 Å². The molecule has 2 heterocycles. The fourth-order valence-corrected chi connectivity index (χ4v) is 2.43. The van der Waals surface area contributed by atoms with Gasteiger partial charge in [-0.15, -0.1) is 0 Å². The lowest BCUT2D eigenvalue weighted by molar-refractivity contribution is 0.0659. The van der Waals surface area contributed by atoms with E-state index in [-0.39, 0.29) is 11.8 Å². The average molecular weight is 266 g/mol. The highest BCUT2D eigenvalue weighted by Gasteiger charge is 2.14. The van der Waals surface area contributed by atoms with Crippen LogP contribution in [0.15, 0.2) is 16.5 Å². The van der Waals surface area contributed by atoms with Gasteiger partial charge in [-0.25, -0.2) is 4.79 Å². The standard InChI is InChI=1S/C14H22N2O3/c1-11(12-5-6-13(19-12)14(17)18)15-7-4-10-16-8-2-3-9-16/h5-6,11,15H,2-4,7-10H2,1H3,(H,17,18). The van der Waals surface area contributed by atoms with Crippen molar-refractivity contribution < 1.29 is 14.3 Å². The largest absolute Gasteiger partial charge is 0.475 e. The lowest BCUT2D eigenvalue weighted by Gasteiger charge is -2.16. The Morgan fingerprint density at radius 3 is 2.84 bits per heavy atom. The van der Waals surface area contributed by atoms with Crippen molar-refractivity contribution in [3.05, 3.63) is 23.7 Å². The predicted molar refractivity (Wildman–Crippen MR) is 72.4 cm³/mol. The van der Waals surface area contributed by atoms with E-state index in [0.717, 1.165) is 19.5 Å². The second-order valence-corrected chi connectivity index (χ2v) is 5.09. The van der Waals surface area contributed by atoms with Crippen LogP contribution in [0.5, 0.6) is 0 Å². The molecule has 0 radical (unpaired) electrons. The molecule has 1 aliphatic heterocycles. The van der Waals surface area contributed by atoms with Crippen LogP contribution in [0, 0.1) is 0 Å². The molecule has 106 valence electrons. The Morgan fingerprint density at radius 2 is 2.21 bits per heavy atom. The number of hydrogen-bond donors (Lipinski definition) is 2. The average Bonchev–Trinajstić information content (AvgIpc) is 3.05. The Balaban J connectivity index is 1.68. The first-order valence-electron chi connectivity index (χ1n) is 6.95. The number of nitrogens with one attached hydrogen (secondary N) is 1. The van der Waals surface area contributed by atoms with Gasteiger partial charge >= 0.3 is 5.97 Å². The quantitative estimate of drug-likeness (QED) is 0.740. The van der Waals surface area contributed by atoms with E-state index in [4.69, 9.17) is 9.52 Å². The van der Waals surface area contributed by atoms with E-state index in [1.54, 1.807) is 6.07 Å². The Labute approximate surface area is 113 Å². The molecule has 1 aromatic rings. The van der Waals surface area contributed by atoms with Gasteiger partial charge in [0, 0.05) is 0 Å². The minimum atomic E-state index is -1.02. The Bertz CT molecular complexity index is 411. The molecular weight excluding hydrogens is 244 g/mol. The molecule has 0 aliphatic carbocycles. The maximum atomic E-state index is 10.7. The second kappa shape index (κ2) is 6.73. The van der Waals surface area contributed by atoms with Crippen LogP contribution >= 0.6 is 0 Å². The number of nitrogens with zero attached hydrogens (tertiary/aromatic N) is 1. The maximum Gasteiger partial charge on any atom is 0.371 e. The second-order valence-electron chi connectivity index (χ2n) is 5.09. The van der Waals surface area contributed by atoms with Gasteiger partial charge in [-0.2, -0.15) is 0 Å². The molecule has 2 N–H and O–H groups in total. The fraction of sp³-hybridized carbons (Fsp3) is 0.643. The van der Waals surface area contributed by atoms with Gasteiger partial charge in [0.25, 0.3) is 0 Å². The number of likely N-dealkylation sites (tertiary alicyclic amines) is 1. The van der Waals surface area contributed by atoms with Gasteiger partial charge in [0.1, 0.15) is 5.76 Å². The zero-order valence-electron chi connectivity index (χ0n) is 11.4. The number of carbonyl (C=O) groups is 1. The number of furan rings is 1. The van der Waals surface area contributed by atoms with Gasteiger partial charge in [0.2, 0.25) is 5.76 Å². The molecule has 5 heteroatoms. The van der Waals surface area contributed by atoms with E-state index >= 15 is 0 Å². The maximum absolute atomic E-state index is 10.7. The third-order valence-corrected chi connectivity index (χ3v) is 3.56. The lowest BCUT2D eigenvalue weighted by Crippen LogP contribution is -2.26. The Morgan fingerprint density at radius 1 is 1.47 bits per heavy atom. The van der Waals surface area contributed by atoms with Crippen LogP contribution < -0.4 is 5.32 Å². The van der Waals surface area contributed by atoms with Crippen LogP contribution in [-0.2, 0) is 0 Å². The molecule has 0 bridgehead atoms. The van der Waals surface area contributed by atoms with Crippen LogP contribution in [0.2, 0.25) is 0 Å². The van der Waals surface area contributed by atoms with E-state index < -0.39 is 5.97 Å². The normalized spacial score (nSPS) is 17.7. The molecule has 1 aliphatic rings. The number of hydrogen-bond acceptors (Lipinski definition) is 4. The number of carboxylic acids is 1. The molecule has 0 saturated carbocycles. The molecule has 1 fully saturated rings. The predicted octanol–water partition coefficient (Wildman–Crippen LogP) is 2.11. The van der Waals surface area contributed by atoms with Crippen molar-refractivity contribution >= 4 is 5.97 Å². The summed E-state index contributed by atoms with van der Waals surface area (Å²) in [5.41, 5.74) is 0. The Hall–Kier alpha value is -1.33. The lowest BCUT2D eigenvalue weighted by atomic mass is 10.2. The van der Waals surface area contributed by atoms with Crippen molar-refractivity contribution in [1.29, 1.82) is 0 Å². The highest BCUT2D eigenvalue weighted by Crippen LogP contribution is 2.16. The van der Waals surface area contributed by atoms with Gasteiger partial charge in [0.05, 0.1) is 6.04 Å². The van der Waals surface area contributed by atoms with Crippen molar-refractivity contribution in [2.75, 3.05) is 26.2 Å². The van der Waals surface area contributed by atoms with Gasteiger partial charge in [-0.05, 0) is 64.5 Å². The van der Waals surface area contributed by atoms with Crippen LogP contribution in [0.4, 0.5) is 0 Å². The highest BCUT2D eigenvalue weighted by atomic mass is 16.4. The summed E-state index contributed by atoms with van der Waals surface area (Å²) in [7, 11) is 0. The summed E-state index contributed by atoms with van der Waals surface area (Å²) >= 11 is 0. The summed E-state index contributed by atoms with van der Waals surface area (Å²) in [6.07, 6.45) is 3.76. The molecule has 1 atom stereocenters. The summed E-state index contributed by atoms with van der Waals surface area (Å²) in [4.78, 5) is 13.2. The molecule has 19 heavy (non-hydrogen) atoms. The summed E-state index contributed by atoms with van der Waals surface area (Å²) in [5, 5.41) is 12.2. The van der Waals surface area contributed by atoms with E-state index in [2.05, 4.69) is 10.2 Å². The minimum absolute atomic E-state index is 0.000664. The zero-order chi connectivity index (χ0) is 13.7. The first kappa shape index (κ1) is 14.1. The number of aromatic carboxylic acids is 1. The van der Waals surface area contributed by atoms with Crippen molar-refractivity contribution in [3.63, 3.8) is 0 Å². The van der Waals surface area contributed by atoms with E-state index in [0.29, 0.717) is 5.76 Å². The fourth-order valence-electron chi connectivity index (χ4n) is 2.43. The third-order valence-electron chi connectivity index (χ3n) is 3.56. The number of carboxylic acid groups (broad SMARTS) is 1. The van der Waals surface area contributed by atoms with Gasteiger partial charge in [-0.1, -0.05) is 0 Å². The van der Waals surface area contributed by atoms with Crippen molar-refractivity contribution in [1.82, 2.24) is 10.2 Å². The third kappa shape index (κ3) is 4.08. The molecule has 0 aromatic carbocycles. The molecule has 0 amide bonds. The molecule has 1 aromatic heterocycles. The summed E-state index contributed by atoms with van der Waals surface area (Å²) in [5.74, 6) is -0.341. The van der Waals surface area contributed by atoms with Gasteiger partial charge < -0.3 is 19.7 Å². The molecular formula is C14H22N2O3. The first-order valence-corrected chi connectivity index (χ1v) is 6.95. The molecule has 0 spiro atoms. The summed E-state index contributed by atoms with van der Waals surface area (Å²) < 4.78 is 5.26. The molecule has 1 saturated heterocycles. The van der Waals surface area contributed by atoms with Crippen molar-refractivity contribution in [2.24, 2.45) is 0 Å². The van der Waals surface area contributed by atoms with E-state index in [9.17, 15) is 4.79 Å². The van der Waals surface area contributed by atoms with E-state index in [1.165, 1.54) is 32.0 Å².